The summed E-state index contributed by atoms with van der Waals surface area (Å²) in [5.74, 6) is 0.0693. The van der Waals surface area contributed by atoms with Crippen molar-refractivity contribution in [1.82, 2.24) is 15.3 Å². The maximum Gasteiger partial charge on any atom is 0.255 e. The molecule has 9 nitrogen and oxygen atoms in total. The highest BCUT2D eigenvalue weighted by Crippen LogP contribution is 2.13. The molecule has 2 amide bonds. The van der Waals surface area contributed by atoms with Gasteiger partial charge in [0.15, 0.2) is 0 Å². The van der Waals surface area contributed by atoms with E-state index in [-0.39, 0.29) is 30.2 Å². The van der Waals surface area contributed by atoms with Crippen LogP contribution in [0.25, 0.3) is 0 Å². The van der Waals surface area contributed by atoms with Crippen molar-refractivity contribution in [2.45, 2.75) is 19.8 Å². The molecule has 3 rings (SSSR count). The molecular formula is C20H25N5O4. The molecule has 0 bridgehead atoms. The number of hydrogen-bond donors (Lipinski definition) is 3. The minimum atomic E-state index is -0.241. The Bertz CT molecular complexity index is 950. The largest absolute Gasteiger partial charge is 0.378 e. The Kier molecular flexibility index (Phi) is 6.61. The Morgan fingerprint density at radius 3 is 2.72 bits per heavy atom. The first-order valence-corrected chi connectivity index (χ1v) is 9.52. The topological polar surface area (TPSA) is 116 Å². The fourth-order valence-electron chi connectivity index (χ4n) is 3.16. The summed E-state index contributed by atoms with van der Waals surface area (Å²) in [7, 11) is 1.55. The minimum Gasteiger partial charge on any atom is -0.378 e. The van der Waals surface area contributed by atoms with E-state index in [0.29, 0.717) is 54.8 Å². The fourth-order valence-corrected chi connectivity index (χ4v) is 3.16. The van der Waals surface area contributed by atoms with E-state index < -0.39 is 0 Å². The number of ether oxygens (including phenoxy) is 1. The van der Waals surface area contributed by atoms with Crippen LogP contribution in [0.5, 0.6) is 0 Å². The Morgan fingerprint density at radius 2 is 2.03 bits per heavy atom. The Labute approximate surface area is 168 Å². The number of rotatable bonds is 6. The Hall–Kier alpha value is -3.20. The van der Waals surface area contributed by atoms with E-state index in [1.165, 1.54) is 0 Å². The normalized spacial score (nSPS) is 13.8. The lowest BCUT2D eigenvalue weighted by Gasteiger charge is -2.27. The fraction of sp³-hybridized carbons (Fsp3) is 0.400. The van der Waals surface area contributed by atoms with Gasteiger partial charge in [-0.3, -0.25) is 19.4 Å². The van der Waals surface area contributed by atoms with Crippen molar-refractivity contribution >= 4 is 23.5 Å². The van der Waals surface area contributed by atoms with E-state index >= 15 is 0 Å². The molecule has 1 aliphatic rings. The van der Waals surface area contributed by atoms with Gasteiger partial charge in [0.25, 0.3) is 11.5 Å². The molecule has 1 aromatic carbocycles. The first-order valence-electron chi connectivity index (χ1n) is 9.52. The summed E-state index contributed by atoms with van der Waals surface area (Å²) >= 11 is 0. The van der Waals surface area contributed by atoms with E-state index in [2.05, 4.69) is 20.6 Å². The Morgan fingerprint density at radius 1 is 1.28 bits per heavy atom. The van der Waals surface area contributed by atoms with Crippen molar-refractivity contribution in [3.05, 3.63) is 51.4 Å². The summed E-state index contributed by atoms with van der Waals surface area (Å²) in [6, 6.07) is 6.68. The first kappa shape index (κ1) is 20.5. The van der Waals surface area contributed by atoms with E-state index in [1.807, 2.05) is 4.90 Å². The van der Waals surface area contributed by atoms with Crippen LogP contribution in [0, 0.1) is 6.92 Å². The van der Waals surface area contributed by atoms with Gasteiger partial charge in [0.05, 0.1) is 13.2 Å². The molecule has 1 saturated heterocycles. The monoisotopic (exact) mass is 399 g/mol. The lowest BCUT2D eigenvalue weighted by Crippen LogP contribution is -2.38. The number of hydrogen-bond acceptors (Lipinski definition) is 6. The molecule has 3 N–H and O–H groups in total. The molecule has 29 heavy (non-hydrogen) atoms. The number of morpholine rings is 1. The van der Waals surface area contributed by atoms with E-state index in [1.54, 1.807) is 38.2 Å². The Balaban J connectivity index is 1.63. The zero-order chi connectivity index (χ0) is 20.8. The maximum absolute atomic E-state index is 12.5. The third-order valence-electron chi connectivity index (χ3n) is 4.76. The maximum atomic E-state index is 12.5. The molecule has 154 valence electrons. The zero-order valence-electron chi connectivity index (χ0n) is 16.6. The van der Waals surface area contributed by atoms with Gasteiger partial charge in [-0.15, -0.1) is 0 Å². The van der Waals surface area contributed by atoms with Crippen LogP contribution in [-0.2, 0) is 16.0 Å². The number of benzene rings is 1. The number of aromatic amines is 1. The summed E-state index contributed by atoms with van der Waals surface area (Å²) < 4.78 is 5.32. The van der Waals surface area contributed by atoms with Gasteiger partial charge in [0, 0.05) is 49.1 Å². The molecule has 0 unspecified atom stereocenters. The van der Waals surface area contributed by atoms with E-state index in [9.17, 15) is 14.4 Å². The summed E-state index contributed by atoms with van der Waals surface area (Å²) in [6.45, 7) is 4.34. The average Bonchev–Trinajstić information content (AvgIpc) is 2.73. The number of carbonyl (C=O) groups is 2. The third-order valence-corrected chi connectivity index (χ3v) is 4.76. The van der Waals surface area contributed by atoms with Crippen molar-refractivity contribution in [3.8, 4) is 0 Å². The molecule has 1 aliphatic heterocycles. The van der Waals surface area contributed by atoms with Crippen LogP contribution >= 0.6 is 0 Å². The van der Waals surface area contributed by atoms with Crippen molar-refractivity contribution in [1.29, 1.82) is 0 Å². The highest BCUT2D eigenvalue weighted by molar-refractivity contribution is 5.97. The highest BCUT2D eigenvalue weighted by atomic mass is 16.5. The van der Waals surface area contributed by atoms with Crippen molar-refractivity contribution in [2.75, 3.05) is 43.6 Å². The van der Waals surface area contributed by atoms with Crippen LogP contribution in [0.2, 0.25) is 0 Å². The lowest BCUT2D eigenvalue weighted by molar-refractivity contribution is -0.116. The van der Waals surface area contributed by atoms with Crippen LogP contribution < -0.4 is 21.1 Å². The first-order chi connectivity index (χ1) is 14.0. The predicted molar refractivity (Wildman–Crippen MR) is 109 cm³/mol. The molecule has 2 aromatic rings. The molecule has 0 radical (unpaired) electrons. The van der Waals surface area contributed by atoms with Crippen LogP contribution in [0.15, 0.2) is 29.1 Å². The van der Waals surface area contributed by atoms with Gasteiger partial charge in [-0.25, -0.2) is 4.98 Å². The number of amides is 2. The second kappa shape index (κ2) is 9.33. The number of carbonyl (C=O) groups excluding carboxylic acids is 2. The van der Waals surface area contributed by atoms with Gasteiger partial charge in [-0.05, 0) is 31.5 Å². The van der Waals surface area contributed by atoms with Crippen molar-refractivity contribution in [3.63, 3.8) is 0 Å². The average molecular weight is 399 g/mol. The molecule has 1 fully saturated rings. The number of H-pyrrole nitrogens is 1. The molecule has 0 saturated carbocycles. The predicted octanol–water partition coefficient (Wildman–Crippen LogP) is 0.846. The molecule has 1 aromatic heterocycles. The lowest BCUT2D eigenvalue weighted by atomic mass is 10.1. The number of nitrogens with zero attached hydrogens (tertiary/aromatic N) is 2. The van der Waals surface area contributed by atoms with Crippen molar-refractivity contribution < 1.29 is 14.3 Å². The van der Waals surface area contributed by atoms with Crippen molar-refractivity contribution in [2.24, 2.45) is 0 Å². The SMILES string of the molecule is CNC(=O)c1cccc(NC(=O)CCc2c(C)nc(N3CCOCC3)[nH]c2=O)c1. The summed E-state index contributed by atoms with van der Waals surface area (Å²) in [6.07, 6.45) is 0.408. The van der Waals surface area contributed by atoms with Crippen LogP contribution in [0.3, 0.4) is 0 Å². The van der Waals surface area contributed by atoms with Gasteiger partial charge >= 0.3 is 0 Å². The molecule has 0 aliphatic carbocycles. The number of anilines is 2. The molecule has 9 heteroatoms. The van der Waals surface area contributed by atoms with Gasteiger partial charge in [0.1, 0.15) is 0 Å². The molecule has 0 atom stereocenters. The number of aromatic nitrogens is 2. The molecule has 0 spiro atoms. The second-order valence-electron chi connectivity index (χ2n) is 6.76. The van der Waals surface area contributed by atoms with Crippen LogP contribution in [-0.4, -0.2) is 55.1 Å². The smallest absolute Gasteiger partial charge is 0.255 e. The number of nitrogens with one attached hydrogen (secondary N) is 3. The molecular weight excluding hydrogens is 374 g/mol. The van der Waals surface area contributed by atoms with E-state index in [4.69, 9.17) is 4.74 Å². The zero-order valence-corrected chi connectivity index (χ0v) is 16.6. The summed E-state index contributed by atoms with van der Waals surface area (Å²) in [5, 5.41) is 5.30. The third kappa shape index (κ3) is 5.20. The second-order valence-corrected chi connectivity index (χ2v) is 6.76. The van der Waals surface area contributed by atoms with Gasteiger partial charge in [0.2, 0.25) is 11.9 Å². The number of aryl methyl sites for hydroxylation is 1. The van der Waals surface area contributed by atoms with Crippen LogP contribution in [0.4, 0.5) is 11.6 Å². The molecule has 2 heterocycles. The van der Waals surface area contributed by atoms with E-state index in [0.717, 1.165) is 0 Å². The minimum absolute atomic E-state index is 0.132. The summed E-state index contributed by atoms with van der Waals surface area (Å²) in [4.78, 5) is 45.8. The quantitative estimate of drug-likeness (QED) is 0.663. The standard InChI is InChI=1S/C20H25N5O4/c1-13-16(19(28)24-20(22-13)25-8-10-29-11-9-25)6-7-17(26)23-15-5-3-4-14(12-15)18(27)21-2/h3-5,12H,6-11H2,1-2H3,(H,21,27)(H,23,26)(H,22,24,28). The van der Waals surface area contributed by atoms with Gasteiger partial charge < -0.3 is 20.3 Å². The van der Waals surface area contributed by atoms with Gasteiger partial charge in [-0.1, -0.05) is 6.07 Å². The summed E-state index contributed by atoms with van der Waals surface area (Å²) in [5.41, 5.74) is 1.87. The highest BCUT2D eigenvalue weighted by Gasteiger charge is 2.17. The van der Waals surface area contributed by atoms with Crippen LogP contribution in [0.1, 0.15) is 28.0 Å². The van der Waals surface area contributed by atoms with Gasteiger partial charge in [-0.2, -0.15) is 0 Å².